The maximum absolute atomic E-state index is 7.63. The highest BCUT2D eigenvalue weighted by Gasteiger charge is 2.46. The van der Waals surface area contributed by atoms with E-state index in [9.17, 15) is 0 Å². The normalized spacial score (nSPS) is 16.3. The molecular formula is C63H99BrO3Si4. The molecule has 3 nitrogen and oxygen atoms in total. The molecule has 0 aromatic heterocycles. The molecule has 0 aliphatic carbocycles. The maximum atomic E-state index is 7.63. The molecule has 3 atom stereocenters. The largest absolute Gasteiger partial charge is 0.397 e. The molecule has 0 N–H and O–H groups in total. The molecule has 0 saturated carbocycles. The third-order valence-electron chi connectivity index (χ3n) is 15.4. The van der Waals surface area contributed by atoms with E-state index in [1.54, 1.807) is 0 Å². The van der Waals surface area contributed by atoms with Crippen LogP contribution in [0.25, 0.3) is 0 Å². The number of benzene rings is 3. The lowest BCUT2D eigenvalue weighted by atomic mass is 9.81. The number of rotatable bonds is 9. The Morgan fingerprint density at radius 3 is 0.845 bits per heavy atom. The molecule has 0 spiro atoms. The smallest absolute Gasteiger partial charge is 0.194 e. The van der Waals surface area contributed by atoms with Crippen molar-refractivity contribution in [1.29, 1.82) is 0 Å². The highest BCUT2D eigenvalue weighted by atomic mass is 79.9. The van der Waals surface area contributed by atoms with Gasteiger partial charge in [0.25, 0.3) is 0 Å². The van der Waals surface area contributed by atoms with E-state index < -0.39 is 49.8 Å². The number of halogens is 1. The lowest BCUT2D eigenvalue weighted by Gasteiger charge is -2.43. The van der Waals surface area contributed by atoms with Gasteiger partial charge in [0.15, 0.2) is 25.0 Å². The van der Waals surface area contributed by atoms with Gasteiger partial charge in [-0.15, -0.1) is 5.54 Å². The van der Waals surface area contributed by atoms with Crippen LogP contribution in [0.15, 0.2) is 59.1 Å². The number of hydrogen-bond acceptors (Lipinski definition) is 3. The Hall–Kier alpha value is -2.43. The quantitative estimate of drug-likeness (QED) is 0.158. The summed E-state index contributed by atoms with van der Waals surface area (Å²) in [4.78, 5) is 0. The molecular weight excluding hydrogens is 997 g/mol. The summed E-state index contributed by atoms with van der Waals surface area (Å²) in [5.74, 6) is 18.9. The summed E-state index contributed by atoms with van der Waals surface area (Å²) in [5.41, 5.74) is 9.12. The average Bonchev–Trinajstić information content (AvgIpc) is 3.15. The van der Waals surface area contributed by atoms with Crippen LogP contribution in [0.4, 0.5) is 0 Å². The van der Waals surface area contributed by atoms with Crippen molar-refractivity contribution in [2.75, 3.05) is 0 Å². The summed E-state index contributed by atoms with van der Waals surface area (Å²) in [7, 11) is -8.85. The molecule has 0 heterocycles. The Balaban J connectivity index is 2.57. The van der Waals surface area contributed by atoms with Gasteiger partial charge in [-0.1, -0.05) is 208 Å². The second kappa shape index (κ2) is 20.6. The van der Waals surface area contributed by atoms with Crippen molar-refractivity contribution in [3.8, 4) is 35.1 Å². The van der Waals surface area contributed by atoms with Crippen LogP contribution in [0, 0.1) is 35.1 Å². The number of hydrogen-bond donors (Lipinski definition) is 0. The Morgan fingerprint density at radius 2 is 0.577 bits per heavy atom. The minimum absolute atomic E-state index is 0.00201. The minimum Gasteiger partial charge on any atom is -0.397 e. The van der Waals surface area contributed by atoms with E-state index in [2.05, 4.69) is 310 Å². The molecule has 392 valence electrons. The first-order valence-electron chi connectivity index (χ1n) is 26.1. The fourth-order valence-corrected chi connectivity index (χ4v) is 12.9. The van der Waals surface area contributed by atoms with Gasteiger partial charge in [0.2, 0.25) is 0 Å². The topological polar surface area (TPSA) is 27.7 Å². The van der Waals surface area contributed by atoms with Crippen LogP contribution in [0.3, 0.4) is 0 Å². The van der Waals surface area contributed by atoms with Crippen LogP contribution >= 0.6 is 15.9 Å². The van der Waals surface area contributed by atoms with E-state index in [0.29, 0.717) is 0 Å². The molecule has 3 aromatic carbocycles. The van der Waals surface area contributed by atoms with Crippen molar-refractivity contribution in [3.63, 3.8) is 0 Å². The van der Waals surface area contributed by atoms with E-state index in [1.165, 1.54) is 16.7 Å². The average molecular weight is 1100 g/mol. The molecule has 0 amide bonds. The van der Waals surface area contributed by atoms with E-state index in [4.69, 9.17) is 13.3 Å². The molecule has 0 unspecified atom stereocenters. The summed E-state index contributed by atoms with van der Waals surface area (Å²) in [6.45, 7) is 68.5. The molecule has 8 heteroatoms. The van der Waals surface area contributed by atoms with Gasteiger partial charge in [0, 0.05) is 15.6 Å². The van der Waals surface area contributed by atoms with Gasteiger partial charge in [-0.2, -0.15) is 0 Å². The van der Waals surface area contributed by atoms with Crippen molar-refractivity contribution in [1.82, 2.24) is 0 Å². The van der Waals surface area contributed by atoms with E-state index >= 15 is 0 Å². The van der Waals surface area contributed by atoms with Gasteiger partial charge in [-0.25, -0.2) is 0 Å². The molecule has 0 fully saturated rings. The van der Waals surface area contributed by atoms with Gasteiger partial charge in [-0.3, -0.25) is 0 Å². The van der Waals surface area contributed by atoms with Crippen molar-refractivity contribution in [2.45, 2.75) is 252 Å². The van der Waals surface area contributed by atoms with Crippen molar-refractivity contribution in [2.24, 2.45) is 0 Å². The van der Waals surface area contributed by atoms with Crippen LogP contribution in [0.5, 0.6) is 0 Å². The first-order chi connectivity index (χ1) is 31.3. The standard InChI is InChI=1S/C63H99BrO3Si4/c1-55(2,3)48-37-46(32-34-62(20,66-70(27,28)59(13,14)15)53-43-50(57(7,8)9)44-54(64)45-53)39-51(41-48)61(19,65-69(25,26)58(10,11)12)33-31-47-38-49(56(4,5)6)42-52(40-47)63(21,35-36-68(22,23)24)67-71(29,30)60(16,17)18/h37-45H,1-30H3/t61-,62-,63-/m1/s1. The van der Waals surface area contributed by atoms with Crippen LogP contribution in [0.2, 0.25) is 74.0 Å². The maximum Gasteiger partial charge on any atom is 0.194 e. The summed E-state index contributed by atoms with van der Waals surface area (Å²) < 4.78 is 23.5. The third kappa shape index (κ3) is 16.3. The Morgan fingerprint density at radius 1 is 0.338 bits per heavy atom. The first kappa shape index (κ1) is 62.9. The molecule has 0 bridgehead atoms. The highest BCUT2D eigenvalue weighted by molar-refractivity contribution is 9.10. The van der Waals surface area contributed by atoms with Crippen LogP contribution in [-0.4, -0.2) is 33.0 Å². The Bertz CT molecular complexity index is 2610. The van der Waals surface area contributed by atoms with Gasteiger partial charge < -0.3 is 13.3 Å². The van der Waals surface area contributed by atoms with Crippen LogP contribution in [0.1, 0.15) is 190 Å². The fourth-order valence-electron chi connectivity index (χ4n) is 7.26. The van der Waals surface area contributed by atoms with Gasteiger partial charge in [-0.05, 0) is 161 Å². The fraction of sp³-hybridized carbons (Fsp3) is 0.619. The zero-order valence-electron chi connectivity index (χ0n) is 50.8. The molecule has 3 aromatic rings. The van der Waals surface area contributed by atoms with Crippen LogP contribution in [-0.2, 0) is 46.3 Å². The zero-order valence-corrected chi connectivity index (χ0v) is 56.4. The SMILES string of the molecule is CC(C)(C)c1cc(Br)cc([C@@](C)(C#Cc2cc(C(C)(C)C)cc([C@@](C)(C#Cc3cc(C(C)(C)C)cc([C@@](C)(C#C[Si](C)(C)C)O[Si](C)(C)C(C)(C)C)c3)O[Si](C)(C)C(C)(C)C)c2)O[Si](C)(C)C(C)(C)C)c1. The Labute approximate surface area is 450 Å². The van der Waals surface area contributed by atoms with Gasteiger partial charge >= 0.3 is 0 Å². The summed E-state index contributed by atoms with van der Waals surface area (Å²) in [6.07, 6.45) is 0. The third-order valence-corrected chi connectivity index (χ3v) is 30.3. The molecule has 0 radical (unpaired) electrons. The van der Waals surface area contributed by atoms with E-state index in [0.717, 1.165) is 32.3 Å². The van der Waals surface area contributed by atoms with E-state index in [-0.39, 0.29) is 31.4 Å². The Kier molecular flexibility index (Phi) is 18.2. The zero-order chi connectivity index (χ0) is 55.4. The lowest BCUT2D eigenvalue weighted by Crippen LogP contribution is -2.47. The van der Waals surface area contributed by atoms with E-state index in [1.807, 2.05) is 0 Å². The van der Waals surface area contributed by atoms with Crippen molar-refractivity contribution >= 4 is 49.0 Å². The molecule has 0 aliphatic rings. The predicted molar refractivity (Wildman–Crippen MR) is 325 cm³/mol. The van der Waals surface area contributed by atoms with Gasteiger partial charge in [0.1, 0.15) is 24.9 Å². The summed E-state index contributed by atoms with van der Waals surface area (Å²) in [5, 5.41) is -0.102. The monoisotopic (exact) mass is 1090 g/mol. The predicted octanol–water partition coefficient (Wildman–Crippen LogP) is 19.0. The molecule has 71 heavy (non-hydrogen) atoms. The molecule has 0 aliphatic heterocycles. The lowest BCUT2D eigenvalue weighted by molar-refractivity contribution is 0.131. The first-order valence-corrected chi connectivity index (χ1v) is 39.1. The second-order valence-corrected chi connectivity index (χ2v) is 49.6. The second-order valence-electron chi connectivity index (χ2n) is 29.8. The van der Waals surface area contributed by atoms with Crippen molar-refractivity contribution < 1.29 is 13.3 Å². The minimum atomic E-state index is -2.45. The summed E-state index contributed by atoms with van der Waals surface area (Å²) >= 11 is 3.88. The molecule has 0 saturated heterocycles. The molecule has 3 rings (SSSR count). The highest BCUT2D eigenvalue weighted by Crippen LogP contribution is 2.46. The summed E-state index contributed by atoms with van der Waals surface area (Å²) in [6, 6.07) is 20.3. The van der Waals surface area contributed by atoms with Crippen LogP contribution < -0.4 is 0 Å². The van der Waals surface area contributed by atoms with Gasteiger partial charge in [0.05, 0.1) is 0 Å². The van der Waals surface area contributed by atoms with Crippen molar-refractivity contribution in [3.05, 3.63) is 104 Å².